The maximum atomic E-state index is 13.1. The number of amides is 1. The van der Waals surface area contributed by atoms with Crippen LogP contribution in [0.25, 0.3) is 16.9 Å². The third-order valence-corrected chi connectivity index (χ3v) is 6.03. The molecule has 3 heterocycles. The number of ether oxygens (including phenoxy) is 1. The number of nitrogens with one attached hydrogen (secondary N) is 1. The number of carbonyl (C=O) groups is 1. The van der Waals surface area contributed by atoms with Crippen molar-refractivity contribution in [3.05, 3.63) is 77.7 Å². The maximum Gasteiger partial charge on any atom is 0.276 e. The van der Waals surface area contributed by atoms with E-state index in [0.717, 1.165) is 42.7 Å². The fourth-order valence-electron chi connectivity index (χ4n) is 3.40. The van der Waals surface area contributed by atoms with Gasteiger partial charge in [0.2, 0.25) is 0 Å². The van der Waals surface area contributed by atoms with Crippen LogP contribution in [0.2, 0.25) is 0 Å². The van der Waals surface area contributed by atoms with Gasteiger partial charge in [-0.1, -0.05) is 12.1 Å². The number of thiazole rings is 1. The Morgan fingerprint density at radius 2 is 1.78 bits per heavy atom. The number of carbonyl (C=O) groups excluding carboxylic acids is 1. The monoisotopic (exact) mass is 449 g/mol. The highest BCUT2D eigenvalue weighted by molar-refractivity contribution is 7.14. The average Bonchev–Trinajstić information content (AvgIpc) is 3.51. The Balaban J connectivity index is 1.24. The first-order valence-electron chi connectivity index (χ1n) is 10.2. The molecular formula is C23H20FN5O2S. The predicted octanol–water partition coefficient (Wildman–Crippen LogP) is 4.22. The zero-order chi connectivity index (χ0) is 21.9. The van der Waals surface area contributed by atoms with E-state index in [2.05, 4.69) is 15.3 Å². The third kappa shape index (κ3) is 4.39. The van der Waals surface area contributed by atoms with E-state index in [0.29, 0.717) is 11.4 Å². The van der Waals surface area contributed by atoms with E-state index in [9.17, 15) is 9.18 Å². The lowest BCUT2D eigenvalue weighted by atomic mass is 10.1. The van der Waals surface area contributed by atoms with Crippen LogP contribution in [0.5, 0.6) is 0 Å². The molecular weight excluding hydrogens is 429 g/mol. The Hall–Kier alpha value is -3.56. The zero-order valence-corrected chi connectivity index (χ0v) is 17.9. The predicted molar refractivity (Wildman–Crippen MR) is 122 cm³/mol. The standard InChI is InChI=1S/C23H20FN5O2S/c24-17-3-7-19(8-4-17)29-10-9-20(27-29)22(30)25-18-5-1-16(2-6-18)21-15-32-23(26-21)28-11-13-31-14-12-28/h1-10,15H,11-14H2,(H,25,30). The molecule has 0 spiro atoms. The first-order valence-corrected chi connectivity index (χ1v) is 11.1. The first kappa shape index (κ1) is 20.3. The normalized spacial score (nSPS) is 13.8. The minimum absolute atomic E-state index is 0.271. The Bertz CT molecular complexity index is 1210. The van der Waals surface area contributed by atoms with Gasteiger partial charge in [-0.15, -0.1) is 11.3 Å². The number of anilines is 2. The summed E-state index contributed by atoms with van der Waals surface area (Å²) < 4.78 is 20.0. The Morgan fingerprint density at radius 3 is 2.53 bits per heavy atom. The van der Waals surface area contributed by atoms with Crippen molar-refractivity contribution in [2.75, 3.05) is 36.5 Å². The van der Waals surface area contributed by atoms with Crippen LogP contribution in [0.1, 0.15) is 10.5 Å². The van der Waals surface area contributed by atoms with Crippen LogP contribution in [-0.4, -0.2) is 47.0 Å². The minimum Gasteiger partial charge on any atom is -0.378 e. The Morgan fingerprint density at radius 1 is 1.03 bits per heavy atom. The summed E-state index contributed by atoms with van der Waals surface area (Å²) in [6.07, 6.45) is 1.67. The summed E-state index contributed by atoms with van der Waals surface area (Å²) in [6.45, 7) is 3.17. The average molecular weight is 450 g/mol. The Labute approximate surface area is 188 Å². The number of nitrogens with zero attached hydrogens (tertiary/aromatic N) is 4. The van der Waals surface area contributed by atoms with Crippen molar-refractivity contribution in [3.8, 4) is 16.9 Å². The SMILES string of the molecule is O=C(Nc1ccc(-c2csc(N3CCOCC3)n2)cc1)c1ccn(-c2ccc(F)cc2)n1. The van der Waals surface area contributed by atoms with E-state index in [1.54, 1.807) is 35.7 Å². The molecule has 9 heteroatoms. The molecule has 162 valence electrons. The highest BCUT2D eigenvalue weighted by atomic mass is 32.1. The second-order valence-electron chi connectivity index (χ2n) is 7.27. The fraction of sp³-hybridized carbons (Fsp3) is 0.174. The molecule has 1 saturated heterocycles. The van der Waals surface area contributed by atoms with E-state index < -0.39 is 0 Å². The molecule has 0 bridgehead atoms. The maximum absolute atomic E-state index is 13.1. The van der Waals surface area contributed by atoms with Crippen molar-refractivity contribution in [2.24, 2.45) is 0 Å². The molecule has 4 aromatic rings. The summed E-state index contributed by atoms with van der Waals surface area (Å²) in [4.78, 5) is 19.6. The van der Waals surface area contributed by atoms with Crippen LogP contribution in [0.4, 0.5) is 15.2 Å². The van der Waals surface area contributed by atoms with E-state index in [1.807, 2.05) is 29.6 Å². The number of benzene rings is 2. The fourth-order valence-corrected chi connectivity index (χ4v) is 4.29. The molecule has 1 aliphatic heterocycles. The van der Waals surface area contributed by atoms with Crippen molar-refractivity contribution in [1.82, 2.24) is 14.8 Å². The molecule has 5 rings (SSSR count). The number of hydrogen-bond donors (Lipinski definition) is 1. The van der Waals surface area contributed by atoms with E-state index in [4.69, 9.17) is 9.72 Å². The van der Waals surface area contributed by atoms with Crippen molar-refractivity contribution in [3.63, 3.8) is 0 Å². The molecule has 1 N–H and O–H groups in total. The molecule has 1 amide bonds. The van der Waals surface area contributed by atoms with Crippen LogP contribution in [-0.2, 0) is 4.74 Å². The van der Waals surface area contributed by atoms with Gasteiger partial charge in [-0.25, -0.2) is 14.1 Å². The van der Waals surface area contributed by atoms with Crippen molar-refractivity contribution in [2.45, 2.75) is 0 Å². The molecule has 7 nitrogen and oxygen atoms in total. The van der Waals surface area contributed by atoms with Crippen molar-refractivity contribution >= 4 is 28.1 Å². The van der Waals surface area contributed by atoms with E-state index in [1.165, 1.54) is 16.8 Å². The summed E-state index contributed by atoms with van der Waals surface area (Å²) in [6, 6.07) is 15.1. The first-order chi connectivity index (χ1) is 15.7. The summed E-state index contributed by atoms with van der Waals surface area (Å²) in [5, 5.41) is 10.2. The van der Waals surface area contributed by atoms with Gasteiger partial charge in [-0.2, -0.15) is 5.10 Å². The molecule has 0 radical (unpaired) electrons. The summed E-state index contributed by atoms with van der Waals surface area (Å²) >= 11 is 1.62. The number of rotatable bonds is 5. The van der Waals surface area contributed by atoms with Crippen LogP contribution >= 0.6 is 11.3 Å². The molecule has 1 fully saturated rings. The van der Waals surface area contributed by atoms with Gasteiger partial charge >= 0.3 is 0 Å². The molecule has 2 aromatic carbocycles. The summed E-state index contributed by atoms with van der Waals surface area (Å²) in [5.74, 6) is -0.640. The highest BCUT2D eigenvalue weighted by Gasteiger charge is 2.15. The lowest BCUT2D eigenvalue weighted by Gasteiger charge is -2.26. The van der Waals surface area contributed by atoms with Gasteiger partial charge < -0.3 is 15.0 Å². The topological polar surface area (TPSA) is 72.3 Å². The second-order valence-corrected chi connectivity index (χ2v) is 8.10. The Kier molecular flexibility index (Phi) is 5.66. The van der Waals surface area contributed by atoms with Crippen LogP contribution in [0, 0.1) is 5.82 Å². The minimum atomic E-state index is -0.322. The lowest BCUT2D eigenvalue weighted by molar-refractivity contribution is 0.102. The molecule has 0 atom stereocenters. The molecule has 1 aliphatic rings. The molecule has 2 aromatic heterocycles. The third-order valence-electron chi connectivity index (χ3n) is 5.13. The van der Waals surface area contributed by atoms with Gasteiger partial charge in [-0.3, -0.25) is 4.79 Å². The summed E-state index contributed by atoms with van der Waals surface area (Å²) in [5.41, 5.74) is 3.51. The van der Waals surface area contributed by atoms with Crippen LogP contribution in [0.15, 0.2) is 66.2 Å². The van der Waals surface area contributed by atoms with Gasteiger partial charge in [0.25, 0.3) is 5.91 Å². The molecule has 0 aliphatic carbocycles. The largest absolute Gasteiger partial charge is 0.378 e. The molecule has 32 heavy (non-hydrogen) atoms. The van der Waals surface area contributed by atoms with E-state index in [-0.39, 0.29) is 17.4 Å². The molecule has 0 unspecified atom stereocenters. The van der Waals surface area contributed by atoms with Crippen molar-refractivity contribution in [1.29, 1.82) is 0 Å². The summed E-state index contributed by atoms with van der Waals surface area (Å²) in [7, 11) is 0. The van der Waals surface area contributed by atoms with Gasteiger partial charge in [0, 0.05) is 35.9 Å². The number of morpholine rings is 1. The van der Waals surface area contributed by atoms with E-state index >= 15 is 0 Å². The second kappa shape index (κ2) is 8.89. The quantitative estimate of drug-likeness (QED) is 0.494. The number of aromatic nitrogens is 3. The molecule has 0 saturated carbocycles. The van der Waals surface area contributed by atoms with Gasteiger partial charge in [0.15, 0.2) is 10.8 Å². The highest BCUT2D eigenvalue weighted by Crippen LogP contribution is 2.28. The zero-order valence-electron chi connectivity index (χ0n) is 17.1. The van der Waals surface area contributed by atoms with Crippen LogP contribution < -0.4 is 10.2 Å². The number of hydrogen-bond acceptors (Lipinski definition) is 6. The lowest BCUT2D eigenvalue weighted by Crippen LogP contribution is -2.36. The van der Waals surface area contributed by atoms with Gasteiger partial charge in [-0.05, 0) is 42.5 Å². The van der Waals surface area contributed by atoms with Gasteiger partial charge in [0.05, 0.1) is 24.6 Å². The van der Waals surface area contributed by atoms with Gasteiger partial charge in [0.1, 0.15) is 5.82 Å². The van der Waals surface area contributed by atoms with Crippen molar-refractivity contribution < 1.29 is 13.9 Å². The smallest absolute Gasteiger partial charge is 0.276 e. The van der Waals surface area contributed by atoms with Crippen LogP contribution in [0.3, 0.4) is 0 Å². The number of halogens is 1.